The molecule has 9 heteroatoms. The van der Waals surface area contributed by atoms with Crippen molar-refractivity contribution in [1.29, 1.82) is 5.26 Å². The van der Waals surface area contributed by atoms with Gasteiger partial charge < -0.3 is 9.47 Å². The van der Waals surface area contributed by atoms with E-state index in [0.717, 1.165) is 5.56 Å². The predicted molar refractivity (Wildman–Crippen MR) is 126 cm³/mol. The van der Waals surface area contributed by atoms with E-state index in [0.29, 0.717) is 32.1 Å². The lowest BCUT2D eigenvalue weighted by atomic mass is 10.2. The number of rotatable bonds is 7. The Morgan fingerprint density at radius 2 is 1.66 bits per heavy atom. The van der Waals surface area contributed by atoms with Gasteiger partial charge in [-0.3, -0.25) is 0 Å². The van der Waals surface area contributed by atoms with Gasteiger partial charge in [0, 0.05) is 20.6 Å². The Hall–Kier alpha value is -2.69. The number of benzene rings is 3. The van der Waals surface area contributed by atoms with Gasteiger partial charge in [-0.2, -0.15) is 5.26 Å². The molecule has 164 valence electrons. The third kappa shape index (κ3) is 5.56. The van der Waals surface area contributed by atoms with Gasteiger partial charge in [0.15, 0.2) is 11.5 Å². The van der Waals surface area contributed by atoms with Gasteiger partial charge in [-0.15, -0.1) is 0 Å². The number of nitriles is 1. The van der Waals surface area contributed by atoms with Crippen LogP contribution in [0, 0.1) is 11.3 Å². The number of methoxy groups -OCH3 is 1. The maximum Gasteiger partial charge on any atom is 0.216 e. The summed E-state index contributed by atoms with van der Waals surface area (Å²) in [6.07, 6.45) is 1.27. The van der Waals surface area contributed by atoms with Crippen LogP contribution in [0.4, 0.5) is 0 Å². The summed E-state index contributed by atoms with van der Waals surface area (Å²) in [6, 6.07) is 17.3. The Morgan fingerprint density at radius 1 is 0.969 bits per heavy atom. The second-order valence-corrected chi connectivity index (χ2v) is 9.71. The quantitative estimate of drug-likeness (QED) is 0.337. The van der Waals surface area contributed by atoms with Gasteiger partial charge in [0.25, 0.3) is 0 Å². The van der Waals surface area contributed by atoms with Crippen molar-refractivity contribution >= 4 is 50.7 Å². The van der Waals surface area contributed by atoms with E-state index in [1.165, 1.54) is 37.5 Å². The van der Waals surface area contributed by atoms with Gasteiger partial charge in [0.1, 0.15) is 17.6 Å². The number of halogens is 3. The number of ether oxygens (including phenoxy) is 2. The van der Waals surface area contributed by atoms with E-state index in [1.807, 2.05) is 0 Å². The fraction of sp³-hybridized carbons (Fsp3) is 0.0870. The summed E-state index contributed by atoms with van der Waals surface area (Å²) in [4.78, 5) is -0.440. The van der Waals surface area contributed by atoms with E-state index in [9.17, 15) is 13.7 Å². The molecule has 3 aromatic carbocycles. The minimum atomic E-state index is -4.01. The van der Waals surface area contributed by atoms with Crippen molar-refractivity contribution in [2.75, 3.05) is 7.11 Å². The van der Waals surface area contributed by atoms with Gasteiger partial charge in [0.05, 0.1) is 12.0 Å². The first-order valence-electron chi connectivity index (χ1n) is 9.12. The molecule has 3 rings (SSSR count). The van der Waals surface area contributed by atoms with E-state index in [4.69, 9.17) is 44.3 Å². The van der Waals surface area contributed by atoms with Crippen molar-refractivity contribution in [3.8, 4) is 17.6 Å². The van der Waals surface area contributed by atoms with Gasteiger partial charge in [0.2, 0.25) is 9.84 Å². The molecular formula is C23H16Cl3NO4S. The van der Waals surface area contributed by atoms with E-state index >= 15 is 0 Å². The highest BCUT2D eigenvalue weighted by Gasteiger charge is 2.21. The average Bonchev–Trinajstić information content (AvgIpc) is 2.77. The normalized spacial score (nSPS) is 11.7. The summed E-state index contributed by atoms with van der Waals surface area (Å²) in [6.45, 7) is 0.177. The minimum absolute atomic E-state index is 0.0264. The second-order valence-electron chi connectivity index (χ2n) is 6.51. The maximum atomic E-state index is 12.8. The third-order valence-corrected chi connectivity index (χ3v) is 6.93. The lowest BCUT2D eigenvalue weighted by Crippen LogP contribution is -2.03. The Bertz CT molecular complexity index is 1310. The molecule has 0 atom stereocenters. The summed E-state index contributed by atoms with van der Waals surface area (Å²) in [5, 5.41) is 10.9. The highest BCUT2D eigenvalue weighted by atomic mass is 35.5. The third-order valence-electron chi connectivity index (χ3n) is 4.41. The molecule has 0 heterocycles. The molecule has 5 nitrogen and oxygen atoms in total. The van der Waals surface area contributed by atoms with Gasteiger partial charge in [-0.25, -0.2) is 8.42 Å². The number of nitrogens with zero attached hydrogens (tertiary/aromatic N) is 1. The molecule has 0 aromatic heterocycles. The van der Waals surface area contributed by atoms with Crippen LogP contribution in [0.1, 0.15) is 11.1 Å². The summed E-state index contributed by atoms with van der Waals surface area (Å²) in [5.74, 6) is 0.791. The highest BCUT2D eigenvalue weighted by molar-refractivity contribution is 7.95. The van der Waals surface area contributed by atoms with Crippen LogP contribution in [0.15, 0.2) is 70.5 Å². The molecule has 0 saturated carbocycles. The highest BCUT2D eigenvalue weighted by Crippen LogP contribution is 2.32. The van der Waals surface area contributed by atoms with Crippen LogP contribution in [0.3, 0.4) is 0 Å². The fourth-order valence-corrected chi connectivity index (χ4v) is 4.50. The Labute approximate surface area is 201 Å². The first-order valence-corrected chi connectivity index (χ1v) is 11.7. The van der Waals surface area contributed by atoms with Crippen LogP contribution in [0.2, 0.25) is 15.1 Å². The molecular weight excluding hydrogens is 493 g/mol. The molecule has 32 heavy (non-hydrogen) atoms. The van der Waals surface area contributed by atoms with Crippen molar-refractivity contribution in [3.63, 3.8) is 0 Å². The van der Waals surface area contributed by atoms with Crippen molar-refractivity contribution in [2.24, 2.45) is 0 Å². The summed E-state index contributed by atoms with van der Waals surface area (Å²) in [7, 11) is -2.55. The molecule has 0 bridgehead atoms. The standard InChI is InChI=1S/C23H16Cl3NO4S/c1-30-23-11-15(2-9-22(23)31-14-16-3-4-18(25)12-21(16)26)10-20(13-27)32(28,29)19-7-5-17(24)6-8-19/h2-12H,14H2,1H3. The lowest BCUT2D eigenvalue weighted by Gasteiger charge is -2.12. The molecule has 0 aliphatic heterocycles. The zero-order chi connectivity index (χ0) is 23.3. The Morgan fingerprint density at radius 3 is 2.28 bits per heavy atom. The molecule has 0 N–H and O–H groups in total. The number of hydrogen-bond donors (Lipinski definition) is 0. The lowest BCUT2D eigenvalue weighted by molar-refractivity contribution is 0.284. The van der Waals surface area contributed by atoms with Crippen molar-refractivity contribution in [2.45, 2.75) is 11.5 Å². The van der Waals surface area contributed by atoms with Crippen LogP contribution in [-0.2, 0) is 16.4 Å². The first-order chi connectivity index (χ1) is 15.2. The molecule has 0 fully saturated rings. The largest absolute Gasteiger partial charge is 0.493 e. The SMILES string of the molecule is COc1cc(C=C(C#N)S(=O)(=O)c2ccc(Cl)cc2)ccc1OCc1ccc(Cl)cc1Cl. The number of allylic oxidation sites excluding steroid dienone is 1. The smallest absolute Gasteiger partial charge is 0.216 e. The molecule has 0 aliphatic carbocycles. The van der Waals surface area contributed by atoms with E-state index in [1.54, 1.807) is 42.5 Å². The predicted octanol–water partition coefficient (Wildman–Crippen LogP) is 6.57. The van der Waals surface area contributed by atoms with Crippen molar-refractivity contribution in [1.82, 2.24) is 0 Å². The summed E-state index contributed by atoms with van der Waals surface area (Å²) < 4.78 is 36.8. The minimum Gasteiger partial charge on any atom is -0.493 e. The molecule has 0 spiro atoms. The zero-order valence-corrected chi connectivity index (χ0v) is 19.8. The summed E-state index contributed by atoms with van der Waals surface area (Å²) in [5.41, 5.74) is 1.19. The van der Waals surface area contributed by atoms with Gasteiger partial charge >= 0.3 is 0 Å². The monoisotopic (exact) mass is 507 g/mol. The maximum absolute atomic E-state index is 12.8. The molecule has 0 aliphatic rings. The Kier molecular flexibility index (Phi) is 7.70. The van der Waals surface area contributed by atoms with Crippen LogP contribution in [-0.4, -0.2) is 15.5 Å². The second kappa shape index (κ2) is 10.3. The number of hydrogen-bond acceptors (Lipinski definition) is 5. The Balaban J connectivity index is 1.87. The molecule has 0 radical (unpaired) electrons. The summed E-state index contributed by atoms with van der Waals surface area (Å²) >= 11 is 17.9. The van der Waals surface area contributed by atoms with Crippen LogP contribution < -0.4 is 9.47 Å². The fourth-order valence-electron chi connectivity index (χ4n) is 2.75. The zero-order valence-electron chi connectivity index (χ0n) is 16.7. The molecule has 0 unspecified atom stereocenters. The first kappa shape index (κ1) is 24.0. The van der Waals surface area contributed by atoms with Gasteiger partial charge in [-0.05, 0) is 60.2 Å². The molecule has 0 amide bonds. The van der Waals surface area contributed by atoms with Crippen LogP contribution >= 0.6 is 34.8 Å². The molecule has 0 saturated heterocycles. The van der Waals surface area contributed by atoms with Crippen LogP contribution in [0.25, 0.3) is 6.08 Å². The van der Waals surface area contributed by atoms with Crippen molar-refractivity contribution in [3.05, 3.63) is 91.8 Å². The number of sulfone groups is 1. The molecule has 3 aromatic rings. The van der Waals surface area contributed by atoms with E-state index < -0.39 is 14.7 Å². The average molecular weight is 509 g/mol. The van der Waals surface area contributed by atoms with E-state index in [-0.39, 0.29) is 11.5 Å². The van der Waals surface area contributed by atoms with Crippen LogP contribution in [0.5, 0.6) is 11.5 Å². The topological polar surface area (TPSA) is 76.4 Å². The van der Waals surface area contributed by atoms with Crippen molar-refractivity contribution < 1.29 is 17.9 Å². The van der Waals surface area contributed by atoms with Gasteiger partial charge in [-0.1, -0.05) is 46.9 Å². The van der Waals surface area contributed by atoms with E-state index in [2.05, 4.69) is 0 Å².